The van der Waals surface area contributed by atoms with E-state index in [0.717, 1.165) is 63.1 Å². The van der Waals surface area contributed by atoms with Crippen LogP contribution in [0.2, 0.25) is 0 Å². The maximum Gasteiger partial charge on any atom is 0.338 e. The van der Waals surface area contributed by atoms with Crippen molar-refractivity contribution in [1.82, 2.24) is 19.5 Å². The van der Waals surface area contributed by atoms with Crippen molar-refractivity contribution in [2.45, 2.75) is 47.1 Å². The standard InChI is InChI=1S/C29H28N4O2/c1-5-8-24-32-27-17(2)15-18(3)30-28(27)33(24)16-20-11-13-21(14-12-20)26-22-9-6-7-10-23(22)31-19(4)25(26)29(34)35/h6-7,9-15H,5,8,16H2,1-4H3,(H,34,35). The van der Waals surface area contributed by atoms with Crippen molar-refractivity contribution >= 4 is 28.0 Å². The van der Waals surface area contributed by atoms with Gasteiger partial charge in [-0.3, -0.25) is 4.98 Å². The zero-order chi connectivity index (χ0) is 24.7. The summed E-state index contributed by atoms with van der Waals surface area (Å²) in [5, 5.41) is 10.8. The van der Waals surface area contributed by atoms with Gasteiger partial charge in [0.05, 0.1) is 23.3 Å². The van der Waals surface area contributed by atoms with Crippen molar-refractivity contribution in [1.29, 1.82) is 0 Å². The number of imidazole rings is 1. The number of carboxylic acids is 1. The monoisotopic (exact) mass is 464 g/mol. The molecule has 3 heterocycles. The van der Waals surface area contributed by atoms with Gasteiger partial charge in [0.2, 0.25) is 0 Å². The van der Waals surface area contributed by atoms with Crippen LogP contribution in [-0.2, 0) is 13.0 Å². The average Bonchev–Trinajstić information content (AvgIpc) is 3.16. The van der Waals surface area contributed by atoms with E-state index in [-0.39, 0.29) is 5.56 Å². The Morgan fingerprint density at radius 1 is 0.971 bits per heavy atom. The van der Waals surface area contributed by atoms with E-state index >= 15 is 0 Å². The largest absolute Gasteiger partial charge is 0.478 e. The molecule has 0 amide bonds. The molecule has 0 atom stereocenters. The number of carboxylic acid groups (broad SMARTS) is 1. The van der Waals surface area contributed by atoms with Gasteiger partial charge in [0.25, 0.3) is 0 Å². The first-order chi connectivity index (χ1) is 16.9. The molecule has 3 aromatic heterocycles. The number of hydrogen-bond acceptors (Lipinski definition) is 4. The number of rotatable bonds is 6. The fourth-order valence-corrected chi connectivity index (χ4v) is 4.88. The van der Waals surface area contributed by atoms with Gasteiger partial charge in [0.1, 0.15) is 11.3 Å². The van der Waals surface area contributed by atoms with Crippen LogP contribution in [0.3, 0.4) is 0 Å². The third-order valence-corrected chi connectivity index (χ3v) is 6.45. The summed E-state index contributed by atoms with van der Waals surface area (Å²) in [5.41, 5.74) is 8.23. The van der Waals surface area contributed by atoms with E-state index in [0.29, 0.717) is 17.8 Å². The molecule has 5 rings (SSSR count). The van der Waals surface area contributed by atoms with Gasteiger partial charge in [-0.2, -0.15) is 0 Å². The highest BCUT2D eigenvalue weighted by atomic mass is 16.4. The van der Waals surface area contributed by atoms with Crippen LogP contribution in [0.25, 0.3) is 33.2 Å². The lowest BCUT2D eigenvalue weighted by molar-refractivity contribution is 0.0696. The summed E-state index contributed by atoms with van der Waals surface area (Å²) in [4.78, 5) is 26.4. The highest BCUT2D eigenvalue weighted by Crippen LogP contribution is 2.33. The van der Waals surface area contributed by atoms with Gasteiger partial charge in [-0.25, -0.2) is 14.8 Å². The second kappa shape index (κ2) is 8.95. The fourth-order valence-electron chi connectivity index (χ4n) is 4.88. The normalized spacial score (nSPS) is 11.4. The molecule has 0 aliphatic heterocycles. The fraction of sp³-hybridized carbons (Fsp3) is 0.241. The van der Waals surface area contributed by atoms with Crippen molar-refractivity contribution < 1.29 is 9.90 Å². The van der Waals surface area contributed by atoms with Crippen LogP contribution in [0, 0.1) is 20.8 Å². The molecule has 0 spiro atoms. The Bertz CT molecular complexity index is 1580. The molecule has 0 saturated heterocycles. The molecule has 35 heavy (non-hydrogen) atoms. The average molecular weight is 465 g/mol. The van der Waals surface area contributed by atoms with Gasteiger partial charge in [0.15, 0.2) is 5.65 Å². The summed E-state index contributed by atoms with van der Waals surface area (Å²) in [5.74, 6) is 0.0717. The lowest BCUT2D eigenvalue weighted by Crippen LogP contribution is -2.07. The Balaban J connectivity index is 1.60. The molecule has 1 N–H and O–H groups in total. The highest BCUT2D eigenvalue weighted by Gasteiger charge is 2.20. The number of para-hydroxylation sites is 1. The van der Waals surface area contributed by atoms with Crippen LogP contribution in [0.15, 0.2) is 54.6 Å². The first kappa shape index (κ1) is 22.7. The summed E-state index contributed by atoms with van der Waals surface area (Å²) in [6.07, 6.45) is 1.89. The van der Waals surface area contributed by atoms with Gasteiger partial charge >= 0.3 is 5.97 Å². The third-order valence-electron chi connectivity index (χ3n) is 6.45. The second-order valence-electron chi connectivity index (χ2n) is 9.08. The Morgan fingerprint density at radius 3 is 2.43 bits per heavy atom. The van der Waals surface area contributed by atoms with Crippen LogP contribution in [0.1, 0.15) is 52.0 Å². The lowest BCUT2D eigenvalue weighted by Gasteiger charge is -2.14. The molecule has 0 unspecified atom stereocenters. The Hall–Kier alpha value is -4.06. The van der Waals surface area contributed by atoms with Crippen LogP contribution < -0.4 is 0 Å². The van der Waals surface area contributed by atoms with Crippen molar-refractivity contribution in [3.63, 3.8) is 0 Å². The van der Waals surface area contributed by atoms with Gasteiger partial charge in [0, 0.05) is 23.1 Å². The van der Waals surface area contributed by atoms with Crippen molar-refractivity contribution in [2.24, 2.45) is 0 Å². The van der Waals surface area contributed by atoms with Crippen molar-refractivity contribution in [2.75, 3.05) is 0 Å². The number of aromatic carboxylic acids is 1. The number of hydrogen-bond donors (Lipinski definition) is 1. The summed E-state index contributed by atoms with van der Waals surface area (Å²) < 4.78 is 2.21. The van der Waals surface area contributed by atoms with Gasteiger partial charge in [-0.1, -0.05) is 49.4 Å². The van der Waals surface area contributed by atoms with E-state index in [2.05, 4.69) is 41.6 Å². The molecule has 0 radical (unpaired) electrons. The number of nitrogens with zero attached hydrogens (tertiary/aromatic N) is 4. The van der Waals surface area contributed by atoms with E-state index in [1.807, 2.05) is 43.3 Å². The summed E-state index contributed by atoms with van der Waals surface area (Å²) in [6.45, 7) is 8.66. The number of benzene rings is 2. The summed E-state index contributed by atoms with van der Waals surface area (Å²) in [7, 11) is 0. The highest BCUT2D eigenvalue weighted by molar-refractivity contribution is 6.07. The minimum absolute atomic E-state index is 0.248. The molecule has 0 saturated carbocycles. The van der Waals surface area contributed by atoms with Gasteiger partial charge in [-0.05, 0) is 56.0 Å². The van der Waals surface area contributed by atoms with E-state index in [9.17, 15) is 9.90 Å². The Labute approximate surface area is 204 Å². The maximum absolute atomic E-state index is 12.2. The molecule has 0 aliphatic carbocycles. The van der Waals surface area contributed by atoms with Crippen molar-refractivity contribution in [3.8, 4) is 11.1 Å². The smallest absolute Gasteiger partial charge is 0.338 e. The lowest BCUT2D eigenvalue weighted by atomic mass is 9.94. The number of aryl methyl sites for hydroxylation is 4. The third kappa shape index (κ3) is 4.05. The predicted octanol–water partition coefficient (Wildman–Crippen LogP) is 6.27. The zero-order valence-electron chi connectivity index (χ0n) is 20.5. The van der Waals surface area contributed by atoms with Gasteiger partial charge < -0.3 is 9.67 Å². The molecule has 176 valence electrons. The molecular formula is C29H28N4O2. The topological polar surface area (TPSA) is 80.9 Å². The molecular weight excluding hydrogens is 436 g/mol. The molecule has 6 heteroatoms. The van der Waals surface area contributed by atoms with E-state index in [4.69, 9.17) is 9.97 Å². The van der Waals surface area contributed by atoms with Crippen molar-refractivity contribution in [3.05, 3.63) is 88.5 Å². The second-order valence-corrected chi connectivity index (χ2v) is 9.08. The summed E-state index contributed by atoms with van der Waals surface area (Å²) in [6, 6.07) is 17.9. The summed E-state index contributed by atoms with van der Waals surface area (Å²) >= 11 is 0. The number of carbonyl (C=O) groups is 1. The molecule has 0 aliphatic rings. The number of pyridine rings is 2. The predicted molar refractivity (Wildman–Crippen MR) is 139 cm³/mol. The SMILES string of the molecule is CCCc1nc2c(C)cc(C)nc2n1Cc1ccc(-c2c(C(=O)O)c(C)nc3ccccc23)cc1. The van der Waals surface area contributed by atoms with E-state index in [1.54, 1.807) is 6.92 Å². The first-order valence-corrected chi connectivity index (χ1v) is 11.9. The quantitative estimate of drug-likeness (QED) is 0.320. The minimum atomic E-state index is -0.967. The van der Waals surface area contributed by atoms with Gasteiger partial charge in [-0.15, -0.1) is 0 Å². The molecule has 0 fully saturated rings. The van der Waals surface area contributed by atoms with E-state index < -0.39 is 5.97 Å². The molecule has 5 aromatic rings. The van der Waals surface area contributed by atoms with Crippen LogP contribution in [0.4, 0.5) is 0 Å². The zero-order valence-corrected chi connectivity index (χ0v) is 20.5. The number of aromatic nitrogens is 4. The van der Waals surface area contributed by atoms with Crippen LogP contribution in [0.5, 0.6) is 0 Å². The minimum Gasteiger partial charge on any atom is -0.478 e. The molecule has 6 nitrogen and oxygen atoms in total. The molecule has 2 aromatic carbocycles. The van der Waals surface area contributed by atoms with Crippen LogP contribution >= 0.6 is 0 Å². The Kier molecular flexibility index (Phi) is 5.81. The van der Waals surface area contributed by atoms with Crippen LogP contribution in [-0.4, -0.2) is 30.6 Å². The van der Waals surface area contributed by atoms with E-state index in [1.165, 1.54) is 0 Å². The maximum atomic E-state index is 12.2. The first-order valence-electron chi connectivity index (χ1n) is 11.9. The number of fused-ring (bicyclic) bond motifs is 2. The Morgan fingerprint density at radius 2 is 1.71 bits per heavy atom. The molecule has 0 bridgehead atoms.